The molecule has 2 rings (SSSR count). The normalized spacial score (nSPS) is 25.7. The van der Waals surface area contributed by atoms with E-state index in [1.54, 1.807) is 7.11 Å². The van der Waals surface area contributed by atoms with E-state index in [1.807, 2.05) is 19.1 Å². The van der Waals surface area contributed by atoms with Gasteiger partial charge in [-0.3, -0.25) is 0 Å². The van der Waals surface area contributed by atoms with Crippen LogP contribution in [0.2, 0.25) is 0 Å². The summed E-state index contributed by atoms with van der Waals surface area (Å²) in [7, 11) is 1.71. The maximum atomic E-state index is 5.63. The highest BCUT2D eigenvalue weighted by Gasteiger charge is 2.29. The minimum atomic E-state index is 0.616. The van der Waals surface area contributed by atoms with Gasteiger partial charge in [0.2, 0.25) is 0 Å². The molecule has 3 heteroatoms. The van der Waals surface area contributed by atoms with Crippen molar-refractivity contribution in [1.29, 1.82) is 0 Å². The fourth-order valence-electron chi connectivity index (χ4n) is 3.10. The minimum absolute atomic E-state index is 0.616. The zero-order chi connectivity index (χ0) is 14.5. The monoisotopic (exact) mass is 277 g/mol. The molecule has 1 aromatic rings. The predicted molar refractivity (Wildman–Crippen MR) is 82.4 cm³/mol. The molecule has 1 saturated carbocycles. The summed E-state index contributed by atoms with van der Waals surface area (Å²) in [4.78, 5) is 0. The lowest BCUT2D eigenvalue weighted by atomic mass is 9.97. The summed E-state index contributed by atoms with van der Waals surface area (Å²) in [6.07, 6.45) is 2.60. The Balaban J connectivity index is 2.04. The molecule has 1 fully saturated rings. The van der Waals surface area contributed by atoms with E-state index in [9.17, 15) is 0 Å². The summed E-state index contributed by atoms with van der Waals surface area (Å²) in [6, 6.07) is 6.72. The van der Waals surface area contributed by atoms with Crippen LogP contribution in [-0.4, -0.2) is 19.8 Å². The molecule has 3 nitrogen and oxygen atoms in total. The van der Waals surface area contributed by atoms with Gasteiger partial charge in [-0.2, -0.15) is 0 Å². The van der Waals surface area contributed by atoms with Crippen molar-refractivity contribution in [1.82, 2.24) is 5.32 Å². The smallest absolute Gasteiger partial charge is 0.165 e. The average molecular weight is 277 g/mol. The number of methoxy groups -OCH3 is 1. The first-order valence-corrected chi connectivity index (χ1v) is 7.69. The van der Waals surface area contributed by atoms with Crippen LogP contribution in [-0.2, 0) is 6.54 Å². The van der Waals surface area contributed by atoms with Crippen LogP contribution in [0.4, 0.5) is 0 Å². The lowest BCUT2D eigenvalue weighted by Gasteiger charge is -2.21. The number of hydrogen-bond donors (Lipinski definition) is 1. The van der Waals surface area contributed by atoms with Gasteiger partial charge in [0.25, 0.3) is 0 Å². The van der Waals surface area contributed by atoms with Crippen LogP contribution >= 0.6 is 0 Å². The zero-order valence-electron chi connectivity index (χ0n) is 13.1. The van der Waals surface area contributed by atoms with Crippen molar-refractivity contribution in [2.45, 2.75) is 46.2 Å². The van der Waals surface area contributed by atoms with Crippen LogP contribution < -0.4 is 14.8 Å². The SMILES string of the molecule is CCOc1cccc(CNC2CCC(C)C2C)c1OC. The van der Waals surface area contributed by atoms with E-state index in [0.717, 1.165) is 29.9 Å². The molecule has 0 aromatic heterocycles. The van der Waals surface area contributed by atoms with Gasteiger partial charge >= 0.3 is 0 Å². The molecule has 0 saturated heterocycles. The summed E-state index contributed by atoms with van der Waals surface area (Å²) in [5.74, 6) is 3.27. The van der Waals surface area contributed by atoms with Gasteiger partial charge in [-0.05, 0) is 37.7 Å². The second-order valence-corrected chi connectivity index (χ2v) is 5.78. The van der Waals surface area contributed by atoms with Crippen molar-refractivity contribution >= 4 is 0 Å². The highest BCUT2D eigenvalue weighted by atomic mass is 16.5. The Morgan fingerprint density at radius 1 is 1.25 bits per heavy atom. The predicted octanol–water partition coefficient (Wildman–Crippen LogP) is 3.62. The molecular formula is C17H27NO2. The molecular weight excluding hydrogens is 250 g/mol. The molecule has 0 bridgehead atoms. The summed E-state index contributed by atoms with van der Waals surface area (Å²) in [6.45, 7) is 8.19. The lowest BCUT2D eigenvalue weighted by molar-refractivity contribution is 0.307. The molecule has 0 radical (unpaired) electrons. The maximum absolute atomic E-state index is 5.63. The fourth-order valence-corrected chi connectivity index (χ4v) is 3.10. The Bertz CT molecular complexity index is 433. The Hall–Kier alpha value is -1.22. The van der Waals surface area contributed by atoms with Crippen molar-refractivity contribution in [3.05, 3.63) is 23.8 Å². The summed E-state index contributed by atoms with van der Waals surface area (Å²) in [5.41, 5.74) is 1.17. The third kappa shape index (κ3) is 3.26. The van der Waals surface area contributed by atoms with E-state index in [2.05, 4.69) is 25.2 Å². The van der Waals surface area contributed by atoms with Gasteiger partial charge in [0, 0.05) is 18.2 Å². The van der Waals surface area contributed by atoms with Crippen LogP contribution in [0.5, 0.6) is 11.5 Å². The van der Waals surface area contributed by atoms with Gasteiger partial charge in [0.05, 0.1) is 13.7 Å². The number of nitrogens with one attached hydrogen (secondary N) is 1. The first-order chi connectivity index (χ1) is 9.67. The van der Waals surface area contributed by atoms with Crippen molar-refractivity contribution in [3.63, 3.8) is 0 Å². The van der Waals surface area contributed by atoms with Crippen LogP contribution in [0, 0.1) is 11.8 Å². The van der Waals surface area contributed by atoms with E-state index in [4.69, 9.17) is 9.47 Å². The molecule has 1 aromatic carbocycles. The van der Waals surface area contributed by atoms with Crippen LogP contribution in [0.15, 0.2) is 18.2 Å². The molecule has 3 atom stereocenters. The lowest BCUT2D eigenvalue weighted by Crippen LogP contribution is -2.32. The van der Waals surface area contributed by atoms with Crippen LogP contribution in [0.1, 0.15) is 39.2 Å². The molecule has 0 spiro atoms. The Morgan fingerprint density at radius 2 is 2.05 bits per heavy atom. The number of ether oxygens (including phenoxy) is 2. The summed E-state index contributed by atoms with van der Waals surface area (Å²) >= 11 is 0. The Labute approximate surface area is 122 Å². The second kappa shape index (κ2) is 6.98. The Morgan fingerprint density at radius 3 is 2.65 bits per heavy atom. The van der Waals surface area contributed by atoms with Crippen molar-refractivity contribution in [3.8, 4) is 11.5 Å². The topological polar surface area (TPSA) is 30.5 Å². The quantitative estimate of drug-likeness (QED) is 0.861. The van der Waals surface area contributed by atoms with E-state index in [-0.39, 0.29) is 0 Å². The van der Waals surface area contributed by atoms with Gasteiger partial charge in [-0.1, -0.05) is 26.0 Å². The molecule has 112 valence electrons. The highest BCUT2D eigenvalue weighted by Crippen LogP contribution is 2.33. The first kappa shape index (κ1) is 15.2. The second-order valence-electron chi connectivity index (χ2n) is 5.78. The molecule has 0 heterocycles. The van der Waals surface area contributed by atoms with Gasteiger partial charge in [0.1, 0.15) is 0 Å². The molecule has 1 aliphatic rings. The van der Waals surface area contributed by atoms with Gasteiger partial charge in [-0.15, -0.1) is 0 Å². The van der Waals surface area contributed by atoms with Crippen LogP contribution in [0.25, 0.3) is 0 Å². The van der Waals surface area contributed by atoms with Crippen LogP contribution in [0.3, 0.4) is 0 Å². The van der Waals surface area contributed by atoms with E-state index < -0.39 is 0 Å². The molecule has 20 heavy (non-hydrogen) atoms. The molecule has 3 unspecified atom stereocenters. The van der Waals surface area contributed by atoms with Crippen molar-refractivity contribution in [2.24, 2.45) is 11.8 Å². The van der Waals surface area contributed by atoms with Crippen molar-refractivity contribution in [2.75, 3.05) is 13.7 Å². The number of para-hydroxylation sites is 1. The molecule has 0 amide bonds. The van der Waals surface area contributed by atoms with E-state index in [1.165, 1.54) is 18.4 Å². The number of rotatable bonds is 6. The zero-order valence-corrected chi connectivity index (χ0v) is 13.1. The third-order valence-corrected chi connectivity index (χ3v) is 4.58. The minimum Gasteiger partial charge on any atom is -0.493 e. The highest BCUT2D eigenvalue weighted by molar-refractivity contribution is 5.46. The fraction of sp³-hybridized carbons (Fsp3) is 0.647. The van der Waals surface area contributed by atoms with E-state index >= 15 is 0 Å². The molecule has 0 aliphatic heterocycles. The molecule has 1 N–H and O–H groups in total. The first-order valence-electron chi connectivity index (χ1n) is 7.69. The number of hydrogen-bond acceptors (Lipinski definition) is 3. The number of benzene rings is 1. The summed E-state index contributed by atoms with van der Waals surface area (Å²) in [5, 5.41) is 3.69. The van der Waals surface area contributed by atoms with Gasteiger partial charge < -0.3 is 14.8 Å². The maximum Gasteiger partial charge on any atom is 0.165 e. The van der Waals surface area contributed by atoms with Gasteiger partial charge in [-0.25, -0.2) is 0 Å². The third-order valence-electron chi connectivity index (χ3n) is 4.58. The largest absolute Gasteiger partial charge is 0.493 e. The van der Waals surface area contributed by atoms with Gasteiger partial charge in [0.15, 0.2) is 11.5 Å². The standard InChI is InChI=1S/C17H27NO2/c1-5-20-16-8-6-7-14(17(16)19-4)11-18-15-10-9-12(2)13(15)3/h6-8,12-13,15,18H,5,9-11H2,1-4H3. The molecule has 1 aliphatic carbocycles. The summed E-state index contributed by atoms with van der Waals surface area (Å²) < 4.78 is 11.2. The van der Waals surface area contributed by atoms with Crippen molar-refractivity contribution < 1.29 is 9.47 Å². The van der Waals surface area contributed by atoms with E-state index in [0.29, 0.717) is 12.6 Å². The average Bonchev–Trinajstić information content (AvgIpc) is 2.77. The Kier molecular flexibility index (Phi) is 5.30.